The third kappa shape index (κ3) is 1.63. The van der Waals surface area contributed by atoms with Crippen LogP contribution in [0.25, 0.3) is 0 Å². The maximum absolute atomic E-state index is 10.4. The highest BCUT2D eigenvalue weighted by Gasteiger charge is 2.22. The van der Waals surface area contributed by atoms with Gasteiger partial charge in [0.15, 0.2) is 0 Å². The fourth-order valence-electron chi connectivity index (χ4n) is 0.480. The average Bonchev–Trinajstić information content (AvgIpc) is 2.13. The zero-order valence-corrected chi connectivity index (χ0v) is 5.64. The maximum Gasteiger partial charge on any atom is 0.335 e. The second-order valence-electron chi connectivity index (χ2n) is 1.57. The highest BCUT2D eigenvalue weighted by Crippen LogP contribution is 1.91. The van der Waals surface area contributed by atoms with Crippen molar-refractivity contribution in [3.63, 3.8) is 0 Å². The molecule has 0 bridgehead atoms. The first-order valence-electron chi connectivity index (χ1n) is 2.44. The molecule has 0 atom stereocenters. The number of hydrogen-bond donors (Lipinski definition) is 2. The third-order valence-corrected chi connectivity index (χ3v) is 1.60. The lowest BCUT2D eigenvalue weighted by molar-refractivity contribution is -0.131. The van der Waals surface area contributed by atoms with Gasteiger partial charge in [-0.2, -0.15) is 0 Å². The fourth-order valence-corrected chi connectivity index (χ4v) is 1.10. The Balaban J connectivity index is 2.70. The summed E-state index contributed by atoms with van der Waals surface area (Å²) in [6.45, 7) is 0. The Bertz CT molecular complexity index is 243. The minimum Gasteiger partial charge on any atom is -0.478 e. The van der Waals surface area contributed by atoms with Gasteiger partial charge in [0.25, 0.3) is 5.37 Å². The first kappa shape index (κ1) is 6.88. The molecule has 0 aromatic carbocycles. The number of hydrogen-bond acceptors (Lipinski definition) is 2. The lowest BCUT2D eigenvalue weighted by Crippen LogP contribution is -2.16. The number of carboxylic acid groups (broad SMARTS) is 1. The van der Waals surface area contributed by atoms with E-state index in [4.69, 9.17) is 5.11 Å². The van der Waals surface area contributed by atoms with E-state index in [-0.39, 0.29) is 5.91 Å². The zero-order valence-electron chi connectivity index (χ0n) is 4.83. The summed E-state index contributed by atoms with van der Waals surface area (Å²) in [5, 5.41) is 12.2. The normalized spacial score (nSPS) is 19.6. The fraction of sp³-hybridized carbons (Fsp3) is 0. The largest absolute Gasteiger partial charge is 0.478 e. The van der Waals surface area contributed by atoms with E-state index in [0.717, 1.165) is 17.4 Å². The van der Waals surface area contributed by atoms with E-state index in [1.165, 1.54) is 5.37 Å². The molecule has 0 fully saturated rings. The molecule has 1 rings (SSSR count). The Morgan fingerprint density at radius 1 is 1.80 bits per heavy atom. The molecule has 52 valence electrons. The van der Waals surface area contributed by atoms with Crippen LogP contribution in [0.15, 0.2) is 11.1 Å². The standard InChI is InChI=1S/C5H3NO3S/c7-3-2-10-4(6-3)1-5(8)9/h1-2H,(H-,6,7,8,9)/p+1. The van der Waals surface area contributed by atoms with Crippen molar-refractivity contribution in [2.24, 2.45) is 0 Å². The van der Waals surface area contributed by atoms with Gasteiger partial charge in [-0.05, 0) is 0 Å². The van der Waals surface area contributed by atoms with Gasteiger partial charge >= 0.3 is 16.9 Å². The molecule has 0 aliphatic carbocycles. The number of carbonyl (C=O) groups excluding carboxylic acids is 1. The van der Waals surface area contributed by atoms with Gasteiger partial charge in [-0.15, -0.1) is 0 Å². The minimum atomic E-state index is -1.06. The zero-order chi connectivity index (χ0) is 7.56. The number of amides is 1. The molecule has 0 saturated carbocycles. The van der Waals surface area contributed by atoms with Crippen LogP contribution in [-0.2, 0) is 20.9 Å². The van der Waals surface area contributed by atoms with E-state index in [1.54, 1.807) is 0 Å². The van der Waals surface area contributed by atoms with E-state index in [2.05, 4.69) is 5.32 Å². The van der Waals surface area contributed by atoms with Gasteiger partial charge in [0.1, 0.15) is 6.08 Å². The predicted molar refractivity (Wildman–Crippen MR) is 37.3 cm³/mol. The molecule has 4 nitrogen and oxygen atoms in total. The number of carbonyl (C=O) groups is 2. The molecule has 0 aromatic rings. The minimum absolute atomic E-state index is 0.266. The molecule has 0 saturated heterocycles. The molecule has 5 heteroatoms. The van der Waals surface area contributed by atoms with Crippen LogP contribution in [0.2, 0.25) is 0 Å². The van der Waals surface area contributed by atoms with Crippen molar-refractivity contribution in [2.75, 3.05) is 0 Å². The van der Waals surface area contributed by atoms with Crippen LogP contribution in [0.5, 0.6) is 0 Å². The van der Waals surface area contributed by atoms with Crippen molar-refractivity contribution in [3.05, 3.63) is 11.1 Å². The molecule has 1 heterocycles. The summed E-state index contributed by atoms with van der Waals surface area (Å²) in [7, 11) is 0. The van der Waals surface area contributed by atoms with E-state index < -0.39 is 5.97 Å². The van der Waals surface area contributed by atoms with Crippen molar-refractivity contribution in [1.82, 2.24) is 5.32 Å². The van der Waals surface area contributed by atoms with Crippen LogP contribution in [-0.4, -0.2) is 22.4 Å². The summed E-state index contributed by atoms with van der Waals surface area (Å²) >= 11 is 1.07. The summed E-state index contributed by atoms with van der Waals surface area (Å²) < 4.78 is 0. The summed E-state index contributed by atoms with van der Waals surface area (Å²) in [5.74, 6) is -1.32. The molecule has 0 spiro atoms. The van der Waals surface area contributed by atoms with E-state index in [0.29, 0.717) is 5.03 Å². The van der Waals surface area contributed by atoms with Gasteiger partial charge in [-0.3, -0.25) is 10.1 Å². The maximum atomic E-state index is 10.4. The van der Waals surface area contributed by atoms with Gasteiger partial charge < -0.3 is 5.11 Å². The first-order valence-corrected chi connectivity index (χ1v) is 3.32. The number of carboxylic acids is 1. The molecule has 0 unspecified atom stereocenters. The van der Waals surface area contributed by atoms with E-state index in [9.17, 15) is 9.59 Å². The van der Waals surface area contributed by atoms with E-state index >= 15 is 0 Å². The summed E-state index contributed by atoms with van der Waals surface area (Å²) in [6.07, 6.45) is 0.950. The van der Waals surface area contributed by atoms with Crippen molar-refractivity contribution < 1.29 is 14.7 Å². The topological polar surface area (TPSA) is 66.4 Å². The molecule has 1 amide bonds. The third-order valence-electron chi connectivity index (χ3n) is 0.794. The highest BCUT2D eigenvalue weighted by atomic mass is 32.1. The second-order valence-corrected chi connectivity index (χ2v) is 2.48. The summed E-state index contributed by atoms with van der Waals surface area (Å²) in [4.78, 5) is 20.4. The second kappa shape index (κ2) is 2.57. The van der Waals surface area contributed by atoms with Crippen molar-refractivity contribution >= 4 is 28.6 Å². The van der Waals surface area contributed by atoms with Crippen molar-refractivity contribution in [2.45, 2.75) is 0 Å². The SMILES string of the molecule is O=C(O)C=C1NC(=O)C=[S+]1. The molecule has 1 aliphatic heterocycles. The van der Waals surface area contributed by atoms with Gasteiger partial charge in [-0.25, -0.2) is 4.79 Å². The van der Waals surface area contributed by atoms with E-state index in [1.807, 2.05) is 0 Å². The summed E-state index contributed by atoms with van der Waals surface area (Å²) in [6, 6.07) is 0. The van der Waals surface area contributed by atoms with Gasteiger partial charge in [0.05, 0.1) is 0 Å². The Hall–Kier alpha value is -1.23. The van der Waals surface area contributed by atoms with Crippen molar-refractivity contribution in [3.8, 4) is 0 Å². The Labute approximate surface area is 60.5 Å². The molecular formula is C5H4NO3S+. The number of rotatable bonds is 1. The smallest absolute Gasteiger partial charge is 0.335 e. The molecule has 0 radical (unpaired) electrons. The quantitative estimate of drug-likeness (QED) is 0.290. The highest BCUT2D eigenvalue weighted by molar-refractivity contribution is 7.83. The number of nitrogens with one attached hydrogen (secondary N) is 1. The van der Waals surface area contributed by atoms with Crippen LogP contribution < -0.4 is 5.32 Å². The van der Waals surface area contributed by atoms with Crippen molar-refractivity contribution in [1.29, 1.82) is 0 Å². The summed E-state index contributed by atoms with van der Waals surface area (Å²) in [5.41, 5.74) is 0. The molecule has 1 aliphatic rings. The molecular weight excluding hydrogens is 154 g/mol. The molecule has 2 N–H and O–H groups in total. The predicted octanol–water partition coefficient (Wildman–Crippen LogP) is -1.07. The van der Waals surface area contributed by atoms with Crippen LogP contribution >= 0.6 is 0 Å². The Morgan fingerprint density at radius 2 is 2.50 bits per heavy atom. The lowest BCUT2D eigenvalue weighted by atomic mass is 10.6. The Morgan fingerprint density at radius 3 is 2.90 bits per heavy atom. The molecule has 10 heavy (non-hydrogen) atoms. The van der Waals surface area contributed by atoms with Crippen LogP contribution in [0.3, 0.4) is 0 Å². The first-order chi connectivity index (χ1) is 4.68. The van der Waals surface area contributed by atoms with Crippen LogP contribution in [0.1, 0.15) is 0 Å². The van der Waals surface area contributed by atoms with Gasteiger partial charge in [0.2, 0.25) is 11.4 Å². The number of aliphatic carboxylic acids is 1. The molecule has 0 aromatic heterocycles. The Kier molecular flexibility index (Phi) is 1.77. The van der Waals surface area contributed by atoms with Crippen LogP contribution in [0, 0.1) is 0 Å². The lowest BCUT2D eigenvalue weighted by Gasteiger charge is -1.80. The van der Waals surface area contributed by atoms with Gasteiger partial charge in [0, 0.05) is 0 Å². The average molecular weight is 158 g/mol. The van der Waals surface area contributed by atoms with Gasteiger partial charge in [-0.1, -0.05) is 0 Å². The monoisotopic (exact) mass is 158 g/mol. The van der Waals surface area contributed by atoms with Crippen LogP contribution in [0.4, 0.5) is 0 Å².